The number of amides is 2. The van der Waals surface area contributed by atoms with Gasteiger partial charge >= 0.3 is 5.97 Å². The molecule has 4 rings (SSSR count). The van der Waals surface area contributed by atoms with Gasteiger partial charge in [0.15, 0.2) is 11.6 Å². The fourth-order valence-corrected chi connectivity index (χ4v) is 5.45. The normalized spacial score (nSPS) is 14.6. The third-order valence-corrected chi connectivity index (χ3v) is 7.29. The summed E-state index contributed by atoms with van der Waals surface area (Å²) in [5.41, 5.74) is 1.61. The minimum absolute atomic E-state index is 0.0774. The molecule has 2 amide bonds. The maximum Gasteiger partial charge on any atom is 0.335 e. The Morgan fingerprint density at radius 2 is 1.74 bits per heavy atom. The second-order valence-electron chi connectivity index (χ2n) is 7.34. The minimum atomic E-state index is -1.08. The van der Waals surface area contributed by atoms with Crippen molar-refractivity contribution >= 4 is 63.5 Å². The van der Waals surface area contributed by atoms with Crippen molar-refractivity contribution in [1.29, 1.82) is 0 Å². The standard InChI is InChI=1S/C24H16F2N2O4S3/c25-18-6-5-15(10-19(18)26)16-9-17(34-12-16)11-20-22(30)28(24(33)35-20)8-7-27-21(29)13-1-3-14(4-2-13)23(31)32/h1-6,9-12H,7-8H2,(H,27,29)(H,31,32). The van der Waals surface area contributed by atoms with Crippen LogP contribution in [0.3, 0.4) is 0 Å². The molecule has 1 fully saturated rings. The summed E-state index contributed by atoms with van der Waals surface area (Å²) in [4.78, 5) is 38.6. The molecule has 6 nitrogen and oxygen atoms in total. The smallest absolute Gasteiger partial charge is 0.335 e. The Bertz CT molecular complexity index is 1370. The van der Waals surface area contributed by atoms with Crippen LogP contribution in [0, 0.1) is 11.6 Å². The minimum Gasteiger partial charge on any atom is -0.478 e. The third-order valence-electron chi connectivity index (χ3n) is 5.03. The average Bonchev–Trinajstić information content (AvgIpc) is 3.40. The lowest BCUT2D eigenvalue weighted by molar-refractivity contribution is -0.122. The first-order valence-corrected chi connectivity index (χ1v) is 12.2. The molecule has 0 unspecified atom stereocenters. The number of aromatic carboxylic acids is 1. The quantitative estimate of drug-likeness (QED) is 0.330. The zero-order valence-electron chi connectivity index (χ0n) is 17.8. The average molecular weight is 531 g/mol. The summed E-state index contributed by atoms with van der Waals surface area (Å²) in [6.07, 6.45) is 1.69. The maximum absolute atomic E-state index is 13.5. The number of nitrogens with one attached hydrogen (secondary N) is 1. The summed E-state index contributed by atoms with van der Waals surface area (Å²) in [6.45, 7) is 0.323. The van der Waals surface area contributed by atoms with Gasteiger partial charge in [-0.1, -0.05) is 30.0 Å². The van der Waals surface area contributed by atoms with E-state index in [1.807, 2.05) is 0 Å². The summed E-state index contributed by atoms with van der Waals surface area (Å²) in [7, 11) is 0. The molecule has 2 N–H and O–H groups in total. The molecule has 1 aliphatic heterocycles. The number of rotatable bonds is 7. The van der Waals surface area contributed by atoms with Crippen molar-refractivity contribution < 1.29 is 28.3 Å². The fraction of sp³-hybridized carbons (Fsp3) is 0.0833. The molecule has 0 radical (unpaired) electrons. The first-order valence-electron chi connectivity index (χ1n) is 10.1. The summed E-state index contributed by atoms with van der Waals surface area (Å²) in [5.74, 6) is -3.61. The van der Waals surface area contributed by atoms with E-state index in [0.717, 1.165) is 28.8 Å². The Morgan fingerprint density at radius 3 is 2.43 bits per heavy atom. The van der Waals surface area contributed by atoms with Gasteiger partial charge in [-0.05, 0) is 65.0 Å². The zero-order valence-corrected chi connectivity index (χ0v) is 20.2. The molecule has 11 heteroatoms. The van der Waals surface area contributed by atoms with Gasteiger partial charge < -0.3 is 10.4 Å². The van der Waals surface area contributed by atoms with Gasteiger partial charge in [0, 0.05) is 23.5 Å². The monoisotopic (exact) mass is 530 g/mol. The van der Waals surface area contributed by atoms with E-state index in [1.54, 1.807) is 17.5 Å². The molecule has 1 aliphatic rings. The van der Waals surface area contributed by atoms with Crippen molar-refractivity contribution in [1.82, 2.24) is 10.2 Å². The molecule has 0 atom stereocenters. The highest BCUT2D eigenvalue weighted by Gasteiger charge is 2.31. The SMILES string of the molecule is O=C(O)c1ccc(C(=O)NCCN2C(=O)C(=Cc3cc(-c4ccc(F)c(F)c4)cs3)SC2=S)cc1. The van der Waals surface area contributed by atoms with Gasteiger partial charge in [0.2, 0.25) is 0 Å². The second-order valence-corrected chi connectivity index (χ2v) is 9.96. The lowest BCUT2D eigenvalue weighted by atomic mass is 10.1. The van der Waals surface area contributed by atoms with Gasteiger partial charge in [0.25, 0.3) is 11.8 Å². The first kappa shape index (κ1) is 24.7. The molecular formula is C24H16F2N2O4S3. The van der Waals surface area contributed by atoms with E-state index in [-0.39, 0.29) is 24.6 Å². The molecule has 0 saturated carbocycles. The van der Waals surface area contributed by atoms with Crippen molar-refractivity contribution in [2.45, 2.75) is 0 Å². The molecule has 1 aromatic heterocycles. The van der Waals surface area contributed by atoms with Crippen LogP contribution in [0.4, 0.5) is 8.78 Å². The van der Waals surface area contributed by atoms with Crippen LogP contribution in [0.2, 0.25) is 0 Å². The van der Waals surface area contributed by atoms with E-state index in [4.69, 9.17) is 17.3 Å². The van der Waals surface area contributed by atoms with Crippen LogP contribution >= 0.6 is 35.3 Å². The molecule has 2 aromatic carbocycles. The highest BCUT2D eigenvalue weighted by Crippen LogP contribution is 2.35. The molecule has 35 heavy (non-hydrogen) atoms. The lowest BCUT2D eigenvalue weighted by Gasteiger charge is -2.14. The fourth-order valence-electron chi connectivity index (χ4n) is 3.23. The van der Waals surface area contributed by atoms with E-state index >= 15 is 0 Å². The van der Waals surface area contributed by atoms with Gasteiger partial charge in [-0.3, -0.25) is 14.5 Å². The van der Waals surface area contributed by atoms with Crippen LogP contribution in [0.15, 0.2) is 58.8 Å². The van der Waals surface area contributed by atoms with E-state index in [9.17, 15) is 23.2 Å². The van der Waals surface area contributed by atoms with Crippen molar-refractivity contribution in [3.05, 3.63) is 86.5 Å². The molecule has 2 heterocycles. The predicted molar refractivity (Wildman–Crippen MR) is 135 cm³/mol. The van der Waals surface area contributed by atoms with Gasteiger partial charge in [0.1, 0.15) is 4.32 Å². The van der Waals surface area contributed by atoms with Gasteiger partial charge in [0.05, 0.1) is 10.5 Å². The van der Waals surface area contributed by atoms with Crippen LogP contribution < -0.4 is 5.32 Å². The van der Waals surface area contributed by atoms with Crippen LogP contribution in [0.1, 0.15) is 25.6 Å². The van der Waals surface area contributed by atoms with Gasteiger partial charge in [-0.2, -0.15) is 0 Å². The third kappa shape index (κ3) is 5.64. The first-order chi connectivity index (χ1) is 16.7. The van der Waals surface area contributed by atoms with Crippen LogP contribution in [-0.4, -0.2) is 45.2 Å². The summed E-state index contributed by atoms with van der Waals surface area (Å²) >= 11 is 7.81. The Labute approximate surface area is 212 Å². The number of nitrogens with zero attached hydrogens (tertiary/aromatic N) is 1. The number of hydrogen-bond donors (Lipinski definition) is 2. The number of thiocarbonyl (C=S) groups is 1. The summed E-state index contributed by atoms with van der Waals surface area (Å²) in [5, 5.41) is 13.4. The van der Waals surface area contributed by atoms with Crippen molar-refractivity contribution in [3.63, 3.8) is 0 Å². The number of carboxylic acid groups (broad SMARTS) is 1. The van der Waals surface area contributed by atoms with Crippen molar-refractivity contribution in [3.8, 4) is 11.1 Å². The van der Waals surface area contributed by atoms with Crippen LogP contribution in [0.25, 0.3) is 17.2 Å². The van der Waals surface area contributed by atoms with Gasteiger partial charge in [-0.15, -0.1) is 11.3 Å². The topological polar surface area (TPSA) is 86.7 Å². The number of benzene rings is 2. The largest absolute Gasteiger partial charge is 0.478 e. The number of halogens is 2. The van der Waals surface area contributed by atoms with E-state index in [1.165, 1.54) is 46.6 Å². The number of carboxylic acids is 1. The molecular weight excluding hydrogens is 514 g/mol. The number of thioether (sulfide) groups is 1. The Balaban J connectivity index is 1.36. The van der Waals surface area contributed by atoms with E-state index in [0.29, 0.717) is 25.9 Å². The zero-order chi connectivity index (χ0) is 25.1. The number of carbonyl (C=O) groups is 3. The number of hydrogen-bond acceptors (Lipinski definition) is 6. The highest BCUT2D eigenvalue weighted by molar-refractivity contribution is 8.26. The van der Waals surface area contributed by atoms with Crippen molar-refractivity contribution in [2.75, 3.05) is 13.1 Å². The molecule has 3 aromatic rings. The molecule has 0 bridgehead atoms. The molecule has 1 saturated heterocycles. The second kappa shape index (κ2) is 10.5. The summed E-state index contributed by atoms with van der Waals surface area (Å²) in [6, 6.07) is 11.0. The molecule has 0 spiro atoms. The summed E-state index contributed by atoms with van der Waals surface area (Å²) < 4.78 is 27.1. The number of thiophene rings is 1. The van der Waals surface area contributed by atoms with Gasteiger partial charge in [-0.25, -0.2) is 13.6 Å². The molecule has 0 aliphatic carbocycles. The highest BCUT2D eigenvalue weighted by atomic mass is 32.2. The Hall–Kier alpha value is -3.41. The van der Waals surface area contributed by atoms with Crippen LogP contribution in [0.5, 0.6) is 0 Å². The lowest BCUT2D eigenvalue weighted by Crippen LogP contribution is -2.37. The van der Waals surface area contributed by atoms with E-state index in [2.05, 4.69) is 5.32 Å². The number of carbonyl (C=O) groups excluding carboxylic acids is 2. The Morgan fingerprint density at radius 1 is 1.03 bits per heavy atom. The van der Waals surface area contributed by atoms with Crippen LogP contribution in [-0.2, 0) is 4.79 Å². The Kier molecular flexibility index (Phi) is 7.39. The van der Waals surface area contributed by atoms with Crippen molar-refractivity contribution in [2.24, 2.45) is 0 Å². The van der Waals surface area contributed by atoms with E-state index < -0.39 is 23.5 Å². The predicted octanol–water partition coefficient (Wildman–Crippen LogP) is 5.02. The molecule has 178 valence electrons. The maximum atomic E-state index is 13.5.